The minimum absolute atomic E-state index is 0.0924. The van der Waals surface area contributed by atoms with Gasteiger partial charge >= 0.3 is 5.97 Å². The van der Waals surface area contributed by atoms with E-state index in [1.54, 1.807) is 41.5 Å². The number of aliphatic hydroxyl groups excluding tert-OH is 3. The number of nitrogens with two attached hydrogens (primary N) is 8. The molecular weight excluding hydrogens is 1780 g/mol. The lowest BCUT2D eigenvalue weighted by molar-refractivity contribution is -0.143. The molecule has 1 aliphatic rings. The molecule has 1 saturated heterocycles. The van der Waals surface area contributed by atoms with Crippen LogP contribution in [0, 0.1) is 17.8 Å². The number of guanidine groups is 1. The molecule has 0 saturated carbocycles. The summed E-state index contributed by atoms with van der Waals surface area (Å²) in [4.78, 5) is 245. The van der Waals surface area contributed by atoms with Gasteiger partial charge in [-0.25, -0.2) is 4.79 Å². The number of benzene rings is 2. The van der Waals surface area contributed by atoms with Gasteiger partial charge in [0, 0.05) is 42.9 Å². The zero-order chi connectivity index (χ0) is 101. The Morgan fingerprint density at radius 1 is 0.459 bits per heavy atom. The second kappa shape index (κ2) is 57.3. The smallest absolute Gasteiger partial charge is 0.326 e. The van der Waals surface area contributed by atoms with Crippen molar-refractivity contribution in [2.75, 3.05) is 45.0 Å². The predicted octanol–water partition coefficient (Wildman–Crippen LogP) is -8.70. The highest BCUT2D eigenvalue weighted by molar-refractivity contribution is 7.81. The van der Waals surface area contributed by atoms with Crippen molar-refractivity contribution in [3.63, 3.8) is 0 Å². The Kier molecular flexibility index (Phi) is 49.9. The number of rotatable bonds is 59. The maximum atomic E-state index is 15.0. The number of carboxylic acids is 1. The number of phenols is 2. The summed E-state index contributed by atoms with van der Waals surface area (Å²) in [6.07, 6.45) is -6.80. The minimum atomic E-state index is -1.98. The summed E-state index contributed by atoms with van der Waals surface area (Å²) >= 11 is 8.87. The lowest BCUT2D eigenvalue weighted by Crippen LogP contribution is -2.64. The number of hydrogen-bond acceptors (Lipinski definition) is 30. The molecular formula is C84H140N24O23S2. The number of carbonyl (C=O) groups is 17. The van der Waals surface area contributed by atoms with Gasteiger partial charge in [-0.05, 0) is 158 Å². The van der Waals surface area contributed by atoms with Crippen LogP contribution in [0.2, 0.25) is 0 Å². The van der Waals surface area contributed by atoms with E-state index in [0.717, 1.165) is 13.8 Å². The third-order valence-corrected chi connectivity index (χ3v) is 22.7. The van der Waals surface area contributed by atoms with Crippen LogP contribution in [0.3, 0.4) is 0 Å². The molecule has 0 unspecified atom stereocenters. The molecule has 0 radical (unpaired) electrons. The van der Waals surface area contributed by atoms with Crippen LogP contribution in [-0.4, -0.2) is 307 Å². The van der Waals surface area contributed by atoms with E-state index in [-0.39, 0.29) is 127 Å². The fraction of sp³-hybridized carbons (Fsp3) is 0.643. The zero-order valence-electron chi connectivity index (χ0n) is 76.7. The Hall–Kier alpha value is -11.3. The van der Waals surface area contributed by atoms with Gasteiger partial charge in [0.15, 0.2) is 5.96 Å². The van der Waals surface area contributed by atoms with Crippen LogP contribution in [0.4, 0.5) is 0 Å². The number of primary amides is 1. The Balaban J connectivity index is 1.93. The van der Waals surface area contributed by atoms with Crippen molar-refractivity contribution in [3.8, 4) is 11.5 Å². The summed E-state index contributed by atoms with van der Waals surface area (Å²) in [5, 5.41) is 96.9. The molecule has 0 bridgehead atoms. The van der Waals surface area contributed by atoms with Gasteiger partial charge in [0.2, 0.25) is 94.5 Å². The molecule has 49 heteroatoms. The van der Waals surface area contributed by atoms with Gasteiger partial charge in [-0.3, -0.25) is 81.7 Å². The van der Waals surface area contributed by atoms with Crippen molar-refractivity contribution in [2.45, 2.75) is 279 Å². The maximum absolute atomic E-state index is 15.0. The van der Waals surface area contributed by atoms with Crippen molar-refractivity contribution >= 4 is 132 Å². The van der Waals surface area contributed by atoms with E-state index in [0.29, 0.717) is 24.0 Å². The Bertz CT molecular complexity index is 4260. The van der Waals surface area contributed by atoms with E-state index in [2.05, 4.69) is 105 Å². The second-order valence-corrected chi connectivity index (χ2v) is 35.4. The molecule has 1 aliphatic heterocycles. The van der Waals surface area contributed by atoms with Crippen LogP contribution in [-0.2, 0) is 94.3 Å². The van der Waals surface area contributed by atoms with Crippen LogP contribution in [0.1, 0.15) is 157 Å². The molecule has 1 fully saturated rings. The van der Waals surface area contributed by atoms with Crippen molar-refractivity contribution in [1.82, 2.24) is 79.3 Å². The highest BCUT2D eigenvalue weighted by Crippen LogP contribution is 2.25. The number of carbonyl (C=O) groups excluding carboxylic acids is 16. The first-order valence-corrected chi connectivity index (χ1v) is 45.1. The second-order valence-electron chi connectivity index (χ2n) is 33.9. The Labute approximate surface area is 783 Å². The largest absolute Gasteiger partial charge is 0.508 e. The molecule has 47 nitrogen and oxygen atoms in total. The van der Waals surface area contributed by atoms with E-state index in [4.69, 9.17) is 45.9 Å². The number of aliphatic imine (C=N–C) groups is 1. The number of aromatic hydroxyl groups is 2. The monoisotopic (exact) mass is 1920 g/mol. The molecule has 16 amide bonds. The third-order valence-electron chi connectivity index (χ3n) is 22.1. The number of phenolic OH excluding ortho intramolecular Hbond substituents is 2. The van der Waals surface area contributed by atoms with E-state index in [9.17, 15) is 112 Å². The van der Waals surface area contributed by atoms with Crippen molar-refractivity contribution in [2.24, 2.45) is 68.6 Å². The maximum Gasteiger partial charge on any atom is 0.326 e. The molecule has 133 heavy (non-hydrogen) atoms. The van der Waals surface area contributed by atoms with Gasteiger partial charge in [-0.2, -0.15) is 25.3 Å². The van der Waals surface area contributed by atoms with Crippen molar-refractivity contribution < 1.29 is 112 Å². The van der Waals surface area contributed by atoms with Crippen molar-refractivity contribution in [1.29, 1.82) is 0 Å². The number of aliphatic hydroxyl groups is 3. The Morgan fingerprint density at radius 2 is 0.812 bits per heavy atom. The average molecular weight is 1920 g/mol. The molecule has 746 valence electrons. The number of likely N-dealkylation sites (tertiary alicyclic amines) is 1. The normalized spacial score (nSPS) is 17.4. The lowest BCUT2D eigenvalue weighted by Gasteiger charge is -2.33. The first-order valence-electron chi connectivity index (χ1n) is 44.0. The highest BCUT2D eigenvalue weighted by atomic mass is 32.1. The van der Waals surface area contributed by atoms with Gasteiger partial charge in [0.05, 0.1) is 30.8 Å². The number of nitrogens with zero attached hydrogens (tertiary/aromatic N) is 2. The van der Waals surface area contributed by atoms with Crippen LogP contribution < -0.4 is 120 Å². The number of aliphatic carboxylic acids is 1. The molecule has 2 aromatic rings. The van der Waals surface area contributed by atoms with Gasteiger partial charge in [-0.1, -0.05) is 78.6 Å². The summed E-state index contributed by atoms with van der Waals surface area (Å²) in [6.45, 7) is 14.1. The fourth-order valence-corrected chi connectivity index (χ4v) is 14.2. The van der Waals surface area contributed by atoms with Crippen LogP contribution in [0.15, 0.2) is 53.5 Å². The number of unbranched alkanes of at least 4 members (excludes halogenated alkanes) is 1. The van der Waals surface area contributed by atoms with Crippen LogP contribution in [0.25, 0.3) is 0 Å². The Morgan fingerprint density at radius 3 is 1.21 bits per heavy atom. The number of β-amino-alcohol motifs (C(OH)–C–C–N with tert-alkyl or cyclic N) is 1. The van der Waals surface area contributed by atoms with Crippen LogP contribution >= 0.6 is 25.3 Å². The molecule has 0 aromatic heterocycles. The molecule has 2 aromatic carbocycles. The van der Waals surface area contributed by atoms with Gasteiger partial charge < -0.3 is 156 Å². The number of carboxylic acid groups (broad SMARTS) is 1. The van der Waals surface area contributed by atoms with E-state index in [1.807, 2.05) is 0 Å². The number of hydrogen-bond donors (Lipinski definition) is 30. The van der Waals surface area contributed by atoms with Gasteiger partial charge in [0.25, 0.3) is 0 Å². The summed E-state index contributed by atoms with van der Waals surface area (Å²) in [7, 11) is 0. The summed E-state index contributed by atoms with van der Waals surface area (Å²) < 4.78 is -1.61. The standard InChI is InChI=1S/C84H140N24O23S2/c1-11-41(5)62(104-77(125)63(42(6)12-2)103-75(123)59-36-49(113)38-108(59)81(129)61(90)40(3)4)76(124)99-55(34-45-18-22-47(111)23-19-45)73(121)107-66(84(9,10)133)80(128)100-56(37-60(89)114)72(120)95-51(17-15-33-93-83(91)92)67(115)96-53(27-31-87)70(118)105-64(43(7)109)78(126)98-52(26-30-86)69(117)94-50(16-13-14-29-85)68(116)102-58(39-132)74(122)97-54(28-32-88)71(119)106-65(44(8)110)79(127)101-57(82(130)131)35-46-20-24-48(112)25-21-46/h18-25,40-44,49-59,61-66,109-113,132-133H,11-17,26-39,85-88,90H2,1-10H3,(H2,89,114)(H,94,117)(H,95,120)(H,96,115)(H,97,122)(H,98,126)(H,99,124)(H,100,128)(H,101,127)(H,102,116)(H,103,123)(H,104,125)(H,105,118)(H,106,119)(H,107,121)(H,130,131)(H4,91,92,93)/t41-,42-,43+,44+,49+,50-,51-,52+,53-,54-,55-,56-,57-,58-,59-,61-,62-,63-,64-,65-,66+/m0/s1. The lowest BCUT2D eigenvalue weighted by atomic mass is 9.94. The van der Waals surface area contributed by atoms with Gasteiger partial charge in [0.1, 0.15) is 102 Å². The molecule has 1 heterocycles. The number of nitrogens with one attached hydrogen (secondary N) is 14. The number of amides is 16. The molecule has 21 atom stereocenters. The average Bonchev–Trinajstić information content (AvgIpc) is 1.67. The summed E-state index contributed by atoms with van der Waals surface area (Å²) in [5.74, 6) is -20.7. The predicted molar refractivity (Wildman–Crippen MR) is 494 cm³/mol. The molecule has 3 rings (SSSR count). The van der Waals surface area contributed by atoms with Gasteiger partial charge in [-0.15, -0.1) is 0 Å². The van der Waals surface area contributed by atoms with E-state index < -0.39 is 251 Å². The topological polar surface area (TPSA) is 804 Å². The quantitative estimate of drug-likeness (QED) is 0.0127. The molecule has 0 aliphatic carbocycles. The van der Waals surface area contributed by atoms with E-state index in [1.165, 1.54) is 67.3 Å². The fourth-order valence-electron chi connectivity index (χ4n) is 13.8. The molecule has 36 N–H and O–H groups in total. The highest BCUT2D eigenvalue weighted by Gasteiger charge is 2.46. The summed E-state index contributed by atoms with van der Waals surface area (Å²) in [5.41, 5.74) is 47.2. The summed E-state index contributed by atoms with van der Waals surface area (Å²) in [6, 6.07) is -14.5. The zero-order valence-corrected chi connectivity index (χ0v) is 78.5. The van der Waals surface area contributed by atoms with E-state index >= 15 is 0 Å². The SMILES string of the molecule is CC[C@H](C)[C@H](NC(=O)[C@@H](NC(=O)[C@@H]1C[C@@H](O)CN1C(=O)[C@@H](N)C(C)C)[C@@H](C)CC)C(=O)N[C@@H](Cc1ccc(O)cc1)C(=O)N[C@H](C(=O)N[C@@H](CC(N)=O)C(=O)N[C@@H](CCCN=C(N)N)C(=O)N[C@@H](CCN)C(=O)N[C@H](C(=O)N[C@H](CCN)C(=O)N[C@@H](CCCCN)C(=O)N[C@@H](CS)C(=O)N[C@@H](CCN)C(=O)N[C@H](C(=O)N[C@@H](Cc1ccc(O)cc1)C(=O)O)[C@@H](C)O)[C@@H](C)O)C(C)(C)S. The minimum Gasteiger partial charge on any atom is -0.508 e. The third kappa shape index (κ3) is 38.7. The van der Waals surface area contributed by atoms with Crippen molar-refractivity contribution in [3.05, 3.63) is 59.7 Å². The number of thiol groups is 2. The molecule has 0 spiro atoms. The first-order chi connectivity index (χ1) is 62.4. The first kappa shape index (κ1) is 116. The van der Waals surface area contributed by atoms with Crippen LogP contribution in [0.5, 0.6) is 11.5 Å².